The number of allylic oxidation sites excluding steroid dienone is 1. The molecule has 9 heavy (non-hydrogen) atoms. The summed E-state index contributed by atoms with van der Waals surface area (Å²) in [6.07, 6.45) is 3.94. The quantitative estimate of drug-likeness (QED) is 0.584. The van der Waals surface area contributed by atoms with Crippen LogP contribution in [0.3, 0.4) is 0 Å². The molecule has 1 nitrogen and oxygen atoms in total. The maximum absolute atomic E-state index is 8.40. The van der Waals surface area contributed by atoms with E-state index in [4.69, 9.17) is 5.11 Å². The zero-order chi connectivity index (χ0) is 7.33. The van der Waals surface area contributed by atoms with Gasteiger partial charge in [0.1, 0.15) is 0 Å². The minimum atomic E-state index is -1.53. The van der Waals surface area contributed by atoms with Crippen LogP contribution in [0.15, 0.2) is 12.2 Å². The van der Waals surface area contributed by atoms with Gasteiger partial charge in [-0.05, 0) is 0 Å². The SMILES string of the molecule is [CH3][Sn]([CH3])([CH3])[CH2]/C=C/CO. The van der Waals surface area contributed by atoms with Crippen molar-refractivity contribution in [2.24, 2.45) is 0 Å². The predicted octanol–water partition coefficient (Wildman–Crippen LogP) is 1.87. The van der Waals surface area contributed by atoms with Gasteiger partial charge in [0.25, 0.3) is 0 Å². The van der Waals surface area contributed by atoms with Crippen molar-refractivity contribution >= 4 is 18.4 Å². The Bertz CT molecular complexity index is 91.6. The molecule has 0 amide bonds. The van der Waals surface area contributed by atoms with E-state index in [2.05, 4.69) is 20.9 Å². The van der Waals surface area contributed by atoms with E-state index in [0.29, 0.717) is 0 Å². The third-order valence-electron chi connectivity index (χ3n) is 1.00. The minimum absolute atomic E-state index is 0.196. The zero-order valence-corrected chi connectivity index (χ0v) is 9.37. The Morgan fingerprint density at radius 1 is 1.22 bits per heavy atom. The van der Waals surface area contributed by atoms with E-state index < -0.39 is 18.4 Å². The Balaban J connectivity index is 3.38. The van der Waals surface area contributed by atoms with Gasteiger partial charge in [0.15, 0.2) is 0 Å². The molecule has 0 aliphatic rings. The van der Waals surface area contributed by atoms with E-state index in [1.165, 1.54) is 4.44 Å². The first-order valence-corrected chi connectivity index (χ1v) is 13.9. The first-order chi connectivity index (χ1) is 4.06. The van der Waals surface area contributed by atoms with E-state index in [1.807, 2.05) is 6.08 Å². The second kappa shape index (κ2) is 4.34. The molecule has 0 rings (SSSR count). The van der Waals surface area contributed by atoms with Crippen LogP contribution < -0.4 is 0 Å². The third kappa shape index (κ3) is 8.50. The Morgan fingerprint density at radius 2 is 1.78 bits per heavy atom. The summed E-state index contributed by atoms with van der Waals surface area (Å²) in [6, 6.07) is 0. The molecule has 0 atom stereocenters. The van der Waals surface area contributed by atoms with Crippen LogP contribution in [0.1, 0.15) is 0 Å². The summed E-state index contributed by atoms with van der Waals surface area (Å²) in [7, 11) is 0. The standard InChI is InChI=1S/C4H7O.3CH3.Sn/c1-2-3-4-5;;;;/h2-3,5H,1,4H2;3*1H3;/b3-2+;;;;. The van der Waals surface area contributed by atoms with Crippen LogP contribution in [-0.4, -0.2) is 30.1 Å². The van der Waals surface area contributed by atoms with Crippen LogP contribution in [0.4, 0.5) is 0 Å². The van der Waals surface area contributed by atoms with E-state index in [9.17, 15) is 0 Å². The summed E-state index contributed by atoms with van der Waals surface area (Å²) in [4.78, 5) is 7.16. The van der Waals surface area contributed by atoms with Crippen LogP contribution >= 0.6 is 0 Å². The second-order valence-corrected chi connectivity index (χ2v) is 19.2. The molecule has 54 valence electrons. The van der Waals surface area contributed by atoms with E-state index in [-0.39, 0.29) is 6.61 Å². The topological polar surface area (TPSA) is 20.2 Å². The van der Waals surface area contributed by atoms with Gasteiger partial charge >= 0.3 is 61.5 Å². The average Bonchev–Trinajstić information content (AvgIpc) is 1.63. The fraction of sp³-hybridized carbons (Fsp3) is 0.714. The van der Waals surface area contributed by atoms with Crippen LogP contribution in [0, 0.1) is 0 Å². The summed E-state index contributed by atoms with van der Waals surface area (Å²) in [5.74, 6) is 0. The van der Waals surface area contributed by atoms with Crippen LogP contribution in [0.25, 0.3) is 0 Å². The number of hydrogen-bond donors (Lipinski definition) is 1. The van der Waals surface area contributed by atoms with Crippen molar-refractivity contribution in [1.82, 2.24) is 0 Å². The fourth-order valence-electron chi connectivity index (χ4n) is 0.511. The summed E-state index contributed by atoms with van der Waals surface area (Å²) in [6.45, 7) is 0.196. The monoisotopic (exact) mass is 236 g/mol. The van der Waals surface area contributed by atoms with Crippen molar-refractivity contribution in [2.75, 3.05) is 6.61 Å². The van der Waals surface area contributed by atoms with E-state index >= 15 is 0 Å². The molecule has 0 aromatic rings. The maximum atomic E-state index is 8.40. The van der Waals surface area contributed by atoms with Crippen LogP contribution in [-0.2, 0) is 0 Å². The van der Waals surface area contributed by atoms with Crippen molar-refractivity contribution in [3.8, 4) is 0 Å². The fourth-order valence-corrected chi connectivity index (χ4v) is 3.01. The van der Waals surface area contributed by atoms with Crippen molar-refractivity contribution in [1.29, 1.82) is 0 Å². The Kier molecular flexibility index (Phi) is 4.58. The van der Waals surface area contributed by atoms with Gasteiger partial charge in [-0.2, -0.15) is 0 Å². The van der Waals surface area contributed by atoms with Crippen LogP contribution in [0.2, 0.25) is 19.3 Å². The molecule has 0 heterocycles. The van der Waals surface area contributed by atoms with Gasteiger partial charge in [-0.15, -0.1) is 0 Å². The van der Waals surface area contributed by atoms with Gasteiger partial charge in [-0.25, -0.2) is 0 Å². The van der Waals surface area contributed by atoms with Crippen molar-refractivity contribution in [2.45, 2.75) is 19.3 Å². The molecule has 2 heteroatoms. The first-order valence-electron chi connectivity index (χ1n) is 3.32. The number of rotatable bonds is 3. The molecule has 0 saturated heterocycles. The Morgan fingerprint density at radius 3 is 2.11 bits per heavy atom. The molecular weight excluding hydrogens is 219 g/mol. The third-order valence-corrected chi connectivity index (χ3v) is 5.17. The van der Waals surface area contributed by atoms with Crippen molar-refractivity contribution < 1.29 is 5.11 Å². The van der Waals surface area contributed by atoms with Gasteiger partial charge in [-0.1, -0.05) is 0 Å². The van der Waals surface area contributed by atoms with Gasteiger partial charge < -0.3 is 0 Å². The molecule has 0 aliphatic heterocycles. The van der Waals surface area contributed by atoms with Crippen LogP contribution in [0.5, 0.6) is 0 Å². The van der Waals surface area contributed by atoms with E-state index in [1.54, 1.807) is 0 Å². The Hall–Kier alpha value is 0.499. The molecule has 0 fully saturated rings. The average molecular weight is 235 g/mol. The number of aliphatic hydroxyl groups is 1. The van der Waals surface area contributed by atoms with Gasteiger partial charge in [-0.3, -0.25) is 0 Å². The van der Waals surface area contributed by atoms with Gasteiger partial charge in [0.2, 0.25) is 0 Å². The van der Waals surface area contributed by atoms with Gasteiger partial charge in [0, 0.05) is 0 Å². The second-order valence-electron chi connectivity index (χ2n) is 3.42. The number of hydrogen-bond acceptors (Lipinski definition) is 1. The molecule has 0 saturated carbocycles. The van der Waals surface area contributed by atoms with E-state index in [0.717, 1.165) is 0 Å². The molecule has 0 unspecified atom stereocenters. The molecule has 0 radical (unpaired) electrons. The van der Waals surface area contributed by atoms with Crippen molar-refractivity contribution in [3.63, 3.8) is 0 Å². The molecule has 0 bridgehead atoms. The molecule has 0 spiro atoms. The molecule has 0 aromatic heterocycles. The molecule has 0 aliphatic carbocycles. The predicted molar refractivity (Wildman–Crippen MR) is 44.4 cm³/mol. The molecule has 0 aromatic carbocycles. The molecular formula is C7H16OSn. The Labute approximate surface area is 61.7 Å². The summed E-state index contributed by atoms with van der Waals surface area (Å²) in [5, 5.41) is 8.40. The zero-order valence-electron chi connectivity index (χ0n) is 6.52. The molecule has 1 N–H and O–H groups in total. The first kappa shape index (κ1) is 9.50. The normalized spacial score (nSPS) is 12.9. The summed E-state index contributed by atoms with van der Waals surface area (Å²) < 4.78 is 1.25. The van der Waals surface area contributed by atoms with Gasteiger partial charge in [0.05, 0.1) is 0 Å². The van der Waals surface area contributed by atoms with Crippen molar-refractivity contribution in [3.05, 3.63) is 12.2 Å². The summed E-state index contributed by atoms with van der Waals surface area (Å²) in [5.41, 5.74) is 0. The number of aliphatic hydroxyl groups excluding tert-OH is 1. The summed E-state index contributed by atoms with van der Waals surface area (Å²) >= 11 is -1.53.